The highest BCUT2D eigenvalue weighted by Gasteiger charge is 2.28. The van der Waals surface area contributed by atoms with E-state index in [1.165, 1.54) is 6.08 Å². The molecule has 1 aliphatic rings. The van der Waals surface area contributed by atoms with Crippen LogP contribution in [-0.2, 0) is 24.4 Å². The lowest BCUT2D eigenvalue weighted by atomic mass is 10.2. The maximum atomic E-state index is 12.5. The van der Waals surface area contributed by atoms with Crippen LogP contribution in [0.15, 0.2) is 66.7 Å². The van der Waals surface area contributed by atoms with Crippen LogP contribution in [-0.4, -0.2) is 27.0 Å². The standard InChI is InChI=1S/C22H21N5O2/c28-20(12-11-16-7-3-1-4-8-16)24-21-18-14-27(15-19(18)25-26-21)22(29)23-13-17-9-5-2-6-10-17/h1-12H,13-15H2,(H,23,29)(H2,24,25,26,28)/b12-11+. The summed E-state index contributed by atoms with van der Waals surface area (Å²) in [5, 5.41) is 12.8. The summed E-state index contributed by atoms with van der Waals surface area (Å²) in [6, 6.07) is 19.2. The normalized spacial score (nSPS) is 12.8. The third-order valence-corrected chi connectivity index (χ3v) is 4.69. The summed E-state index contributed by atoms with van der Waals surface area (Å²) in [7, 11) is 0. The van der Waals surface area contributed by atoms with E-state index >= 15 is 0 Å². The molecular formula is C22H21N5O2. The Kier molecular flexibility index (Phi) is 5.38. The summed E-state index contributed by atoms with van der Waals surface area (Å²) in [4.78, 5) is 26.4. The smallest absolute Gasteiger partial charge is 0.318 e. The van der Waals surface area contributed by atoms with Crippen molar-refractivity contribution < 1.29 is 9.59 Å². The molecule has 0 fully saturated rings. The molecule has 3 N–H and O–H groups in total. The lowest BCUT2D eigenvalue weighted by Gasteiger charge is -2.16. The van der Waals surface area contributed by atoms with Crippen molar-refractivity contribution in [1.82, 2.24) is 20.4 Å². The average molecular weight is 387 g/mol. The van der Waals surface area contributed by atoms with Crippen LogP contribution in [0, 0.1) is 0 Å². The molecule has 0 radical (unpaired) electrons. The number of fused-ring (bicyclic) bond motifs is 1. The Hall–Kier alpha value is -3.87. The van der Waals surface area contributed by atoms with Crippen LogP contribution in [0.5, 0.6) is 0 Å². The Morgan fingerprint density at radius 1 is 1.03 bits per heavy atom. The number of H-pyrrole nitrogens is 1. The van der Waals surface area contributed by atoms with Crippen molar-refractivity contribution >= 4 is 23.8 Å². The fourth-order valence-electron chi connectivity index (χ4n) is 3.17. The van der Waals surface area contributed by atoms with Crippen LogP contribution in [0.25, 0.3) is 6.08 Å². The van der Waals surface area contributed by atoms with Crippen molar-refractivity contribution in [3.8, 4) is 0 Å². The summed E-state index contributed by atoms with van der Waals surface area (Å²) in [6.07, 6.45) is 3.21. The van der Waals surface area contributed by atoms with Gasteiger partial charge in [-0.2, -0.15) is 5.10 Å². The number of amides is 3. The number of urea groups is 1. The van der Waals surface area contributed by atoms with Crippen molar-refractivity contribution in [2.75, 3.05) is 5.32 Å². The number of rotatable bonds is 5. The van der Waals surface area contributed by atoms with Gasteiger partial charge in [0.2, 0.25) is 5.91 Å². The zero-order valence-electron chi connectivity index (χ0n) is 15.8. The topological polar surface area (TPSA) is 90.1 Å². The van der Waals surface area contributed by atoms with Gasteiger partial charge in [-0.05, 0) is 17.2 Å². The molecule has 2 aromatic carbocycles. The van der Waals surface area contributed by atoms with Crippen molar-refractivity contribution in [3.63, 3.8) is 0 Å². The molecule has 1 aromatic heterocycles. The molecule has 1 aliphatic heterocycles. The van der Waals surface area contributed by atoms with Crippen molar-refractivity contribution in [1.29, 1.82) is 0 Å². The van der Waals surface area contributed by atoms with Crippen LogP contribution in [0.3, 0.4) is 0 Å². The molecule has 146 valence electrons. The van der Waals surface area contributed by atoms with E-state index in [1.807, 2.05) is 60.7 Å². The zero-order valence-corrected chi connectivity index (χ0v) is 15.8. The minimum Gasteiger partial charge on any atom is -0.334 e. The highest BCUT2D eigenvalue weighted by Crippen LogP contribution is 2.27. The quantitative estimate of drug-likeness (QED) is 0.587. The Morgan fingerprint density at radius 2 is 1.76 bits per heavy atom. The van der Waals surface area contributed by atoms with Crippen LogP contribution in [0.1, 0.15) is 22.4 Å². The second kappa shape index (κ2) is 8.43. The average Bonchev–Trinajstić information content (AvgIpc) is 3.34. The van der Waals surface area contributed by atoms with Crippen molar-refractivity contribution in [3.05, 3.63) is 89.1 Å². The predicted octanol–water partition coefficient (Wildman–Crippen LogP) is 3.29. The van der Waals surface area contributed by atoms with E-state index in [-0.39, 0.29) is 11.9 Å². The molecule has 4 rings (SSSR count). The van der Waals surface area contributed by atoms with E-state index in [9.17, 15) is 9.59 Å². The largest absolute Gasteiger partial charge is 0.334 e. The number of hydrogen-bond acceptors (Lipinski definition) is 3. The number of carbonyl (C=O) groups excluding carboxylic acids is 2. The first kappa shape index (κ1) is 18.5. The number of benzene rings is 2. The summed E-state index contributed by atoms with van der Waals surface area (Å²) in [5.74, 6) is 0.191. The predicted molar refractivity (Wildman–Crippen MR) is 111 cm³/mol. The molecule has 0 saturated heterocycles. The molecule has 0 unspecified atom stereocenters. The van der Waals surface area contributed by atoms with Gasteiger partial charge in [0.25, 0.3) is 0 Å². The Balaban J connectivity index is 1.33. The number of anilines is 1. The molecule has 7 nitrogen and oxygen atoms in total. The van der Waals surface area contributed by atoms with Gasteiger partial charge in [-0.3, -0.25) is 9.89 Å². The summed E-state index contributed by atoms with van der Waals surface area (Å²) >= 11 is 0. The summed E-state index contributed by atoms with van der Waals surface area (Å²) in [5.41, 5.74) is 3.65. The highest BCUT2D eigenvalue weighted by atomic mass is 16.2. The van der Waals surface area contributed by atoms with Crippen molar-refractivity contribution in [2.45, 2.75) is 19.6 Å². The van der Waals surface area contributed by atoms with E-state index in [1.54, 1.807) is 11.0 Å². The van der Waals surface area contributed by atoms with Gasteiger partial charge >= 0.3 is 6.03 Å². The lowest BCUT2D eigenvalue weighted by Crippen LogP contribution is -2.36. The third kappa shape index (κ3) is 4.52. The summed E-state index contributed by atoms with van der Waals surface area (Å²) in [6.45, 7) is 1.29. The molecule has 0 atom stereocenters. The first-order valence-corrected chi connectivity index (χ1v) is 9.36. The minimum absolute atomic E-state index is 0.153. The van der Waals surface area contributed by atoms with Gasteiger partial charge in [-0.15, -0.1) is 0 Å². The SMILES string of the molecule is O=C(/C=C/c1ccccc1)Nc1n[nH]c2c1CN(C(=O)NCc1ccccc1)C2. The van der Waals surface area contributed by atoms with Crippen LogP contribution < -0.4 is 10.6 Å². The van der Waals surface area contributed by atoms with Crippen LogP contribution >= 0.6 is 0 Å². The molecule has 0 saturated carbocycles. The number of hydrogen-bond donors (Lipinski definition) is 3. The molecular weight excluding hydrogens is 366 g/mol. The van der Waals surface area contributed by atoms with Gasteiger partial charge in [0.05, 0.1) is 18.8 Å². The van der Waals surface area contributed by atoms with Crippen molar-refractivity contribution in [2.24, 2.45) is 0 Å². The second-order valence-corrected chi connectivity index (χ2v) is 6.76. The van der Waals surface area contributed by atoms with Gasteiger partial charge in [-0.25, -0.2) is 4.79 Å². The molecule has 2 heterocycles. The first-order chi connectivity index (χ1) is 14.2. The first-order valence-electron chi connectivity index (χ1n) is 9.36. The van der Waals surface area contributed by atoms with E-state index in [4.69, 9.17) is 0 Å². The second-order valence-electron chi connectivity index (χ2n) is 6.76. The number of nitrogens with zero attached hydrogens (tertiary/aromatic N) is 2. The van der Waals surface area contributed by atoms with E-state index < -0.39 is 0 Å². The van der Waals surface area contributed by atoms with Gasteiger partial charge in [0, 0.05) is 18.2 Å². The molecule has 0 bridgehead atoms. The fraction of sp³-hybridized carbons (Fsp3) is 0.136. The maximum Gasteiger partial charge on any atom is 0.318 e. The van der Waals surface area contributed by atoms with Crippen LogP contribution in [0.2, 0.25) is 0 Å². The lowest BCUT2D eigenvalue weighted by molar-refractivity contribution is -0.111. The van der Waals surface area contributed by atoms with Crippen LogP contribution in [0.4, 0.5) is 10.6 Å². The molecule has 3 amide bonds. The number of aromatic amines is 1. The number of nitrogens with one attached hydrogen (secondary N) is 3. The maximum absolute atomic E-state index is 12.5. The van der Waals surface area contributed by atoms with Gasteiger partial charge in [0.1, 0.15) is 0 Å². The highest BCUT2D eigenvalue weighted by molar-refractivity contribution is 6.01. The molecule has 7 heteroatoms. The molecule has 29 heavy (non-hydrogen) atoms. The third-order valence-electron chi connectivity index (χ3n) is 4.69. The van der Waals surface area contributed by atoms with Gasteiger partial charge in [-0.1, -0.05) is 60.7 Å². The summed E-state index contributed by atoms with van der Waals surface area (Å²) < 4.78 is 0. The number of aromatic nitrogens is 2. The Bertz CT molecular complexity index is 1030. The zero-order chi connectivity index (χ0) is 20.1. The Morgan fingerprint density at radius 3 is 2.52 bits per heavy atom. The number of carbonyl (C=O) groups is 2. The monoisotopic (exact) mass is 387 g/mol. The molecule has 0 aliphatic carbocycles. The molecule has 3 aromatic rings. The van der Waals surface area contributed by atoms with E-state index in [0.29, 0.717) is 25.5 Å². The fourth-order valence-corrected chi connectivity index (χ4v) is 3.17. The molecule has 0 spiro atoms. The van der Waals surface area contributed by atoms with E-state index in [2.05, 4.69) is 20.8 Å². The van der Waals surface area contributed by atoms with E-state index in [0.717, 1.165) is 22.4 Å². The van der Waals surface area contributed by atoms with Gasteiger partial charge < -0.3 is 15.5 Å². The Labute approximate surface area is 168 Å². The van der Waals surface area contributed by atoms with Gasteiger partial charge in [0.15, 0.2) is 5.82 Å². The minimum atomic E-state index is -0.268.